The molecule has 0 radical (unpaired) electrons. The first-order valence-electron chi connectivity index (χ1n) is 3.62. The van der Waals surface area contributed by atoms with Gasteiger partial charge in [-0.05, 0) is 6.08 Å². The van der Waals surface area contributed by atoms with Gasteiger partial charge in [0.25, 0.3) is 0 Å². The van der Waals surface area contributed by atoms with E-state index in [0.717, 1.165) is 5.84 Å². The lowest BCUT2D eigenvalue weighted by molar-refractivity contribution is 0.567. The Balaban J connectivity index is 2.64. The molecule has 0 amide bonds. The van der Waals surface area contributed by atoms with Gasteiger partial charge in [0.05, 0.1) is 0 Å². The van der Waals surface area contributed by atoms with Crippen LogP contribution >= 0.6 is 0 Å². The fourth-order valence-electron chi connectivity index (χ4n) is 0.859. The summed E-state index contributed by atoms with van der Waals surface area (Å²) in [7, 11) is 3.92. The zero-order valence-electron chi connectivity index (χ0n) is 6.91. The molecule has 0 aliphatic carbocycles. The monoisotopic (exact) mass is 154 g/mol. The average molecular weight is 154 g/mol. The fourth-order valence-corrected chi connectivity index (χ4v) is 0.859. The van der Waals surface area contributed by atoms with Crippen molar-refractivity contribution in [1.29, 1.82) is 0 Å². The topological polar surface area (TPSA) is 53.6 Å². The SMILES string of the molecule is CN(C)C1=NC(CN)NC=C1. The summed E-state index contributed by atoms with van der Waals surface area (Å²) in [6, 6.07) is 0. The van der Waals surface area contributed by atoms with Crippen molar-refractivity contribution in [3.63, 3.8) is 0 Å². The predicted octanol–water partition coefficient (Wildman–Crippen LogP) is -0.652. The molecule has 1 aliphatic heterocycles. The van der Waals surface area contributed by atoms with Crippen LogP contribution in [0.3, 0.4) is 0 Å². The smallest absolute Gasteiger partial charge is 0.132 e. The second kappa shape index (κ2) is 3.39. The van der Waals surface area contributed by atoms with Crippen LogP contribution in [0, 0.1) is 0 Å². The number of likely N-dealkylation sites (N-methyl/N-ethyl adjacent to an activating group) is 1. The fraction of sp³-hybridized carbons (Fsp3) is 0.571. The van der Waals surface area contributed by atoms with Crippen molar-refractivity contribution in [3.8, 4) is 0 Å². The number of hydrogen-bond donors (Lipinski definition) is 2. The largest absolute Gasteiger partial charge is 0.369 e. The molecule has 0 saturated heterocycles. The number of rotatable bonds is 1. The minimum absolute atomic E-state index is 0.0393. The third-order valence-electron chi connectivity index (χ3n) is 1.49. The maximum absolute atomic E-state index is 5.44. The Bertz CT molecular complexity index is 183. The second-order valence-electron chi connectivity index (χ2n) is 2.63. The molecular weight excluding hydrogens is 140 g/mol. The standard InChI is InChI=1S/C7H14N4/c1-11(2)7-3-4-9-6(5-8)10-7/h3-4,6,9H,5,8H2,1-2H3. The third kappa shape index (κ3) is 1.94. The van der Waals surface area contributed by atoms with Crippen LogP contribution in [0.5, 0.6) is 0 Å². The molecule has 1 heterocycles. The van der Waals surface area contributed by atoms with E-state index in [1.54, 1.807) is 0 Å². The van der Waals surface area contributed by atoms with E-state index in [4.69, 9.17) is 5.73 Å². The van der Waals surface area contributed by atoms with Gasteiger partial charge in [-0.1, -0.05) is 0 Å². The maximum Gasteiger partial charge on any atom is 0.132 e. The number of nitrogens with zero attached hydrogens (tertiary/aromatic N) is 2. The first kappa shape index (κ1) is 8.07. The Labute approximate surface area is 66.8 Å². The number of amidine groups is 1. The van der Waals surface area contributed by atoms with Crippen molar-refractivity contribution in [3.05, 3.63) is 12.3 Å². The molecule has 4 nitrogen and oxygen atoms in total. The molecule has 0 saturated carbocycles. The lowest BCUT2D eigenvalue weighted by Crippen LogP contribution is -2.37. The van der Waals surface area contributed by atoms with Crippen molar-refractivity contribution in [2.45, 2.75) is 6.17 Å². The Morgan fingerprint density at radius 1 is 1.73 bits per heavy atom. The molecule has 0 fully saturated rings. The molecule has 4 heteroatoms. The van der Waals surface area contributed by atoms with E-state index in [9.17, 15) is 0 Å². The summed E-state index contributed by atoms with van der Waals surface area (Å²) in [5.74, 6) is 0.958. The van der Waals surface area contributed by atoms with Crippen molar-refractivity contribution in [2.24, 2.45) is 10.7 Å². The van der Waals surface area contributed by atoms with Crippen LogP contribution in [0.4, 0.5) is 0 Å². The molecule has 1 atom stereocenters. The normalized spacial score (nSPS) is 22.5. The molecule has 62 valence electrons. The molecule has 3 N–H and O–H groups in total. The zero-order valence-corrected chi connectivity index (χ0v) is 6.91. The van der Waals surface area contributed by atoms with Crippen molar-refractivity contribution >= 4 is 5.84 Å². The van der Waals surface area contributed by atoms with E-state index >= 15 is 0 Å². The van der Waals surface area contributed by atoms with E-state index in [-0.39, 0.29) is 6.17 Å². The van der Waals surface area contributed by atoms with Gasteiger partial charge in [0.2, 0.25) is 0 Å². The van der Waals surface area contributed by atoms with Crippen LogP contribution in [-0.4, -0.2) is 37.5 Å². The van der Waals surface area contributed by atoms with Crippen molar-refractivity contribution in [1.82, 2.24) is 10.2 Å². The lowest BCUT2D eigenvalue weighted by atomic mass is 10.4. The number of nitrogens with one attached hydrogen (secondary N) is 1. The molecule has 1 aliphatic rings. The number of aliphatic imine (C=N–C) groups is 1. The molecule has 0 aromatic rings. The van der Waals surface area contributed by atoms with Gasteiger partial charge in [-0.25, -0.2) is 4.99 Å². The number of nitrogens with two attached hydrogens (primary N) is 1. The number of hydrogen-bond acceptors (Lipinski definition) is 4. The van der Waals surface area contributed by atoms with E-state index in [2.05, 4.69) is 10.3 Å². The van der Waals surface area contributed by atoms with Gasteiger partial charge in [0.1, 0.15) is 12.0 Å². The van der Waals surface area contributed by atoms with Crippen LogP contribution in [-0.2, 0) is 0 Å². The van der Waals surface area contributed by atoms with Gasteiger partial charge in [-0.15, -0.1) is 0 Å². The quantitative estimate of drug-likeness (QED) is 0.527. The lowest BCUT2D eigenvalue weighted by Gasteiger charge is -2.20. The van der Waals surface area contributed by atoms with Gasteiger partial charge in [0.15, 0.2) is 0 Å². The molecule has 0 bridgehead atoms. The molecule has 1 rings (SSSR count). The summed E-state index contributed by atoms with van der Waals surface area (Å²) in [4.78, 5) is 6.28. The maximum atomic E-state index is 5.44. The van der Waals surface area contributed by atoms with Crippen LogP contribution in [0.25, 0.3) is 0 Å². The molecule has 11 heavy (non-hydrogen) atoms. The third-order valence-corrected chi connectivity index (χ3v) is 1.49. The first-order valence-corrected chi connectivity index (χ1v) is 3.62. The van der Waals surface area contributed by atoms with Gasteiger partial charge in [-0.3, -0.25) is 0 Å². The Hall–Kier alpha value is -1.03. The summed E-state index contributed by atoms with van der Waals surface area (Å²) < 4.78 is 0. The summed E-state index contributed by atoms with van der Waals surface area (Å²) in [6.45, 7) is 0.529. The summed E-state index contributed by atoms with van der Waals surface area (Å²) in [6.07, 6.45) is 3.84. The minimum Gasteiger partial charge on any atom is -0.369 e. The van der Waals surface area contributed by atoms with Crippen LogP contribution < -0.4 is 11.1 Å². The Morgan fingerprint density at radius 3 is 3.00 bits per heavy atom. The highest BCUT2D eigenvalue weighted by Crippen LogP contribution is 1.96. The Morgan fingerprint density at radius 2 is 2.45 bits per heavy atom. The summed E-state index contributed by atoms with van der Waals surface area (Å²) in [5.41, 5.74) is 5.44. The first-order chi connectivity index (χ1) is 5.24. The average Bonchev–Trinajstić information content (AvgIpc) is 2.05. The zero-order chi connectivity index (χ0) is 8.27. The molecule has 0 spiro atoms. The highest BCUT2D eigenvalue weighted by molar-refractivity contribution is 5.93. The molecular formula is C7H14N4. The highest BCUT2D eigenvalue weighted by Gasteiger charge is 2.07. The van der Waals surface area contributed by atoms with Gasteiger partial charge in [0, 0.05) is 26.8 Å². The van der Waals surface area contributed by atoms with E-state index in [0.29, 0.717) is 6.54 Å². The van der Waals surface area contributed by atoms with E-state index in [1.165, 1.54) is 0 Å². The highest BCUT2D eigenvalue weighted by atomic mass is 15.2. The van der Waals surface area contributed by atoms with Gasteiger partial charge >= 0.3 is 0 Å². The Kier molecular flexibility index (Phi) is 2.48. The summed E-state index contributed by atoms with van der Waals surface area (Å²) >= 11 is 0. The van der Waals surface area contributed by atoms with E-state index in [1.807, 2.05) is 31.3 Å². The predicted molar refractivity (Wildman–Crippen MR) is 46.2 cm³/mol. The second-order valence-corrected chi connectivity index (χ2v) is 2.63. The summed E-state index contributed by atoms with van der Waals surface area (Å²) in [5, 5.41) is 3.03. The molecule has 1 unspecified atom stereocenters. The van der Waals surface area contributed by atoms with Crippen molar-refractivity contribution in [2.75, 3.05) is 20.6 Å². The van der Waals surface area contributed by atoms with Gasteiger partial charge in [-0.2, -0.15) is 0 Å². The van der Waals surface area contributed by atoms with E-state index < -0.39 is 0 Å². The minimum atomic E-state index is 0.0393. The van der Waals surface area contributed by atoms with Gasteiger partial charge < -0.3 is 16.0 Å². The van der Waals surface area contributed by atoms with Crippen LogP contribution in [0.1, 0.15) is 0 Å². The van der Waals surface area contributed by atoms with Crippen LogP contribution in [0.2, 0.25) is 0 Å². The van der Waals surface area contributed by atoms with Crippen molar-refractivity contribution < 1.29 is 0 Å². The molecule has 0 aromatic heterocycles. The van der Waals surface area contributed by atoms with Crippen LogP contribution in [0.15, 0.2) is 17.3 Å². The molecule has 0 aromatic carbocycles.